The molecule has 0 aromatic carbocycles. The van der Waals surface area contributed by atoms with Crippen LogP contribution in [0.15, 0.2) is 18.3 Å². The van der Waals surface area contributed by atoms with Crippen molar-refractivity contribution < 1.29 is 0 Å². The smallest absolute Gasteiger partial charge is 0.128 e. The molecule has 0 spiro atoms. The van der Waals surface area contributed by atoms with E-state index in [2.05, 4.69) is 46.4 Å². The maximum atomic E-state index is 4.70. The summed E-state index contributed by atoms with van der Waals surface area (Å²) in [7, 11) is 0. The Balaban J connectivity index is 1.46. The molecule has 0 bridgehead atoms. The summed E-state index contributed by atoms with van der Waals surface area (Å²) >= 11 is 0. The van der Waals surface area contributed by atoms with Crippen molar-refractivity contribution in [2.75, 3.05) is 50.7 Å². The Kier molecular flexibility index (Phi) is 6.46. The second-order valence-corrected chi connectivity index (χ2v) is 7.22. The molecule has 0 radical (unpaired) electrons. The van der Waals surface area contributed by atoms with Crippen molar-refractivity contribution in [3.05, 3.63) is 23.9 Å². The molecule has 5 heteroatoms. The highest BCUT2D eigenvalue weighted by molar-refractivity contribution is 5.39. The third-order valence-corrected chi connectivity index (χ3v) is 5.62. The lowest BCUT2D eigenvalue weighted by atomic mass is 9.93. The van der Waals surface area contributed by atoms with E-state index in [0.29, 0.717) is 6.04 Å². The van der Waals surface area contributed by atoms with Crippen LogP contribution >= 0.6 is 0 Å². The van der Waals surface area contributed by atoms with E-state index in [4.69, 9.17) is 4.98 Å². The van der Waals surface area contributed by atoms with Gasteiger partial charge in [-0.15, -0.1) is 0 Å². The summed E-state index contributed by atoms with van der Waals surface area (Å²) in [6, 6.07) is 4.97. The summed E-state index contributed by atoms with van der Waals surface area (Å²) in [5.74, 6) is 1.87. The van der Waals surface area contributed by atoms with Gasteiger partial charge in [0.05, 0.1) is 0 Å². The predicted molar refractivity (Wildman–Crippen MR) is 100 cm³/mol. The van der Waals surface area contributed by atoms with Gasteiger partial charge in [0.2, 0.25) is 0 Å². The van der Waals surface area contributed by atoms with Crippen molar-refractivity contribution in [2.45, 2.75) is 39.3 Å². The van der Waals surface area contributed by atoms with E-state index < -0.39 is 0 Å². The number of aromatic nitrogens is 1. The molecule has 1 aromatic rings. The summed E-state index contributed by atoms with van der Waals surface area (Å²) in [5, 5.41) is 7.18. The topological polar surface area (TPSA) is 43.4 Å². The maximum absolute atomic E-state index is 4.70. The minimum atomic E-state index is 0.555. The highest BCUT2D eigenvalue weighted by atomic mass is 15.3. The van der Waals surface area contributed by atoms with Crippen molar-refractivity contribution in [1.29, 1.82) is 0 Å². The molecule has 2 aliphatic heterocycles. The molecule has 2 fully saturated rings. The molecule has 2 aliphatic rings. The van der Waals surface area contributed by atoms with Crippen molar-refractivity contribution in [1.82, 2.24) is 20.5 Å². The van der Waals surface area contributed by atoms with Crippen LogP contribution in [0.3, 0.4) is 0 Å². The quantitative estimate of drug-likeness (QED) is 0.831. The number of likely N-dealkylation sites (N-methyl/N-ethyl adjacent to an activating group) is 1. The Labute approximate surface area is 146 Å². The summed E-state index contributed by atoms with van der Waals surface area (Å²) in [6.45, 7) is 13.4. The normalized spacial score (nSPS) is 24.1. The molecular weight excluding hydrogens is 298 g/mol. The first-order valence-corrected chi connectivity index (χ1v) is 9.62. The van der Waals surface area contributed by atoms with Gasteiger partial charge in [-0.25, -0.2) is 4.98 Å². The second-order valence-electron chi connectivity index (χ2n) is 7.22. The third kappa shape index (κ3) is 4.68. The van der Waals surface area contributed by atoms with E-state index >= 15 is 0 Å². The molecule has 2 atom stereocenters. The fourth-order valence-corrected chi connectivity index (χ4v) is 3.75. The number of rotatable bonds is 6. The molecular formula is C19H33N5. The minimum absolute atomic E-state index is 0.555. The fourth-order valence-electron chi connectivity index (χ4n) is 3.75. The van der Waals surface area contributed by atoms with Gasteiger partial charge in [0.1, 0.15) is 5.82 Å². The molecule has 134 valence electrons. The van der Waals surface area contributed by atoms with E-state index in [1.807, 2.05) is 6.20 Å². The van der Waals surface area contributed by atoms with E-state index in [1.54, 1.807) is 0 Å². The first kappa shape index (κ1) is 17.6. The number of nitrogens with zero attached hydrogens (tertiary/aromatic N) is 3. The number of hydrogen-bond donors (Lipinski definition) is 2. The highest BCUT2D eigenvalue weighted by Gasteiger charge is 2.19. The molecule has 1 aromatic heterocycles. The predicted octanol–water partition coefficient (Wildman–Crippen LogP) is 1.70. The maximum Gasteiger partial charge on any atom is 0.128 e. The van der Waals surface area contributed by atoms with E-state index in [9.17, 15) is 0 Å². The Morgan fingerprint density at radius 1 is 1.29 bits per heavy atom. The van der Waals surface area contributed by atoms with Crippen molar-refractivity contribution in [3.8, 4) is 0 Å². The number of piperazine rings is 1. The average Bonchev–Trinajstić information content (AvgIpc) is 2.67. The SMILES string of the molecule is CCN1CCN(c2ccc(CNC(C)C3CCCNC3)cn2)CC1. The Morgan fingerprint density at radius 3 is 2.75 bits per heavy atom. The molecule has 0 saturated carbocycles. The van der Waals surface area contributed by atoms with Crippen LogP contribution in [0.2, 0.25) is 0 Å². The van der Waals surface area contributed by atoms with Crippen molar-refractivity contribution in [3.63, 3.8) is 0 Å². The van der Waals surface area contributed by atoms with Gasteiger partial charge in [0, 0.05) is 45.0 Å². The zero-order chi connectivity index (χ0) is 16.8. The van der Waals surface area contributed by atoms with Crippen LogP contribution in [0, 0.1) is 5.92 Å². The van der Waals surface area contributed by atoms with Gasteiger partial charge in [0.25, 0.3) is 0 Å². The van der Waals surface area contributed by atoms with E-state index in [-0.39, 0.29) is 0 Å². The van der Waals surface area contributed by atoms with Gasteiger partial charge in [0.15, 0.2) is 0 Å². The molecule has 5 nitrogen and oxygen atoms in total. The zero-order valence-electron chi connectivity index (χ0n) is 15.3. The Morgan fingerprint density at radius 2 is 2.12 bits per heavy atom. The zero-order valence-corrected chi connectivity index (χ0v) is 15.3. The van der Waals surface area contributed by atoms with Crippen molar-refractivity contribution in [2.24, 2.45) is 5.92 Å². The fraction of sp³-hybridized carbons (Fsp3) is 0.737. The summed E-state index contributed by atoms with van der Waals surface area (Å²) < 4.78 is 0. The molecule has 2 saturated heterocycles. The van der Waals surface area contributed by atoms with Crippen LogP contribution in [0.25, 0.3) is 0 Å². The summed E-state index contributed by atoms with van der Waals surface area (Å²) in [5.41, 5.74) is 1.28. The number of nitrogens with one attached hydrogen (secondary N) is 2. The first-order chi connectivity index (χ1) is 11.8. The lowest BCUT2D eigenvalue weighted by Crippen LogP contribution is -2.46. The first-order valence-electron chi connectivity index (χ1n) is 9.62. The van der Waals surface area contributed by atoms with Gasteiger partial charge < -0.3 is 20.4 Å². The standard InChI is InChI=1S/C19H33N5/c1-3-23-9-11-24(12-10-23)19-7-6-17(14-22-19)13-21-16(2)18-5-4-8-20-15-18/h6-7,14,16,18,20-21H,3-5,8-13,15H2,1-2H3. The molecule has 3 heterocycles. The molecule has 0 aliphatic carbocycles. The number of pyridine rings is 1. The van der Waals surface area contributed by atoms with Crippen LogP contribution in [-0.4, -0.2) is 61.7 Å². The van der Waals surface area contributed by atoms with Crippen LogP contribution in [-0.2, 0) is 6.54 Å². The highest BCUT2D eigenvalue weighted by Crippen LogP contribution is 2.16. The molecule has 0 amide bonds. The summed E-state index contributed by atoms with van der Waals surface area (Å²) in [4.78, 5) is 9.60. The molecule has 2 N–H and O–H groups in total. The third-order valence-electron chi connectivity index (χ3n) is 5.62. The van der Waals surface area contributed by atoms with Gasteiger partial charge in [-0.3, -0.25) is 0 Å². The van der Waals surface area contributed by atoms with Gasteiger partial charge in [-0.05, 0) is 56.9 Å². The minimum Gasteiger partial charge on any atom is -0.354 e. The molecule has 24 heavy (non-hydrogen) atoms. The van der Waals surface area contributed by atoms with Crippen LogP contribution < -0.4 is 15.5 Å². The van der Waals surface area contributed by atoms with Gasteiger partial charge in [-0.2, -0.15) is 0 Å². The Bertz CT molecular complexity index is 475. The average molecular weight is 332 g/mol. The second kappa shape index (κ2) is 8.79. The number of anilines is 1. The van der Waals surface area contributed by atoms with Crippen LogP contribution in [0.4, 0.5) is 5.82 Å². The monoisotopic (exact) mass is 331 g/mol. The van der Waals surface area contributed by atoms with Crippen molar-refractivity contribution >= 4 is 5.82 Å². The lowest BCUT2D eigenvalue weighted by Gasteiger charge is -2.34. The van der Waals surface area contributed by atoms with E-state index in [0.717, 1.165) is 57.5 Å². The van der Waals surface area contributed by atoms with Crippen LogP contribution in [0.1, 0.15) is 32.3 Å². The van der Waals surface area contributed by atoms with Gasteiger partial charge >= 0.3 is 0 Å². The summed E-state index contributed by atoms with van der Waals surface area (Å²) in [6.07, 6.45) is 4.68. The van der Waals surface area contributed by atoms with Crippen LogP contribution in [0.5, 0.6) is 0 Å². The Hall–Kier alpha value is -1.17. The number of hydrogen-bond acceptors (Lipinski definition) is 5. The largest absolute Gasteiger partial charge is 0.354 e. The van der Waals surface area contributed by atoms with Gasteiger partial charge in [-0.1, -0.05) is 13.0 Å². The molecule has 2 unspecified atom stereocenters. The number of piperidine rings is 1. The lowest BCUT2D eigenvalue weighted by molar-refractivity contribution is 0.270. The van der Waals surface area contributed by atoms with E-state index in [1.165, 1.54) is 24.9 Å². The molecule has 3 rings (SSSR count).